The van der Waals surface area contributed by atoms with Crippen molar-refractivity contribution < 1.29 is 4.79 Å². The van der Waals surface area contributed by atoms with Crippen LogP contribution in [0, 0.1) is 0 Å². The maximum absolute atomic E-state index is 13.0. The third-order valence-electron chi connectivity index (χ3n) is 4.55. The van der Waals surface area contributed by atoms with Gasteiger partial charge in [0.15, 0.2) is 5.12 Å². The number of benzene rings is 3. The first kappa shape index (κ1) is 18.0. The van der Waals surface area contributed by atoms with E-state index in [0.717, 1.165) is 11.3 Å². The molecule has 3 heteroatoms. The molecule has 1 atom stereocenters. The maximum atomic E-state index is 13.0. The lowest BCUT2D eigenvalue weighted by Crippen LogP contribution is -2.34. The van der Waals surface area contributed by atoms with Gasteiger partial charge in [0.25, 0.3) is 0 Å². The zero-order chi connectivity index (χ0) is 17.9. The number of carbonyl (C=O) groups is 1. The number of hydrogen-bond donors (Lipinski definition) is 0. The van der Waals surface area contributed by atoms with Crippen LogP contribution in [0.25, 0.3) is 10.8 Å². The van der Waals surface area contributed by atoms with Gasteiger partial charge in [-0.15, -0.1) is 0 Å². The van der Waals surface area contributed by atoms with Crippen molar-refractivity contribution in [3.05, 3.63) is 78.4 Å². The van der Waals surface area contributed by atoms with Crippen molar-refractivity contribution >= 4 is 35.7 Å². The summed E-state index contributed by atoms with van der Waals surface area (Å²) in [6, 6.07) is 25.0. The molecule has 0 amide bonds. The van der Waals surface area contributed by atoms with Crippen molar-refractivity contribution in [2.45, 2.75) is 36.5 Å². The first-order valence-electron chi connectivity index (χ1n) is 8.68. The van der Waals surface area contributed by atoms with Gasteiger partial charge in [-0.2, -0.15) is 0 Å². The molecule has 0 aromatic heterocycles. The molecule has 3 rings (SSSR count). The van der Waals surface area contributed by atoms with Crippen molar-refractivity contribution in [2.75, 3.05) is 0 Å². The second-order valence-corrected chi connectivity index (χ2v) is 14.0. The van der Waals surface area contributed by atoms with E-state index < -0.39 is 8.07 Å². The van der Waals surface area contributed by atoms with Crippen molar-refractivity contribution in [1.82, 2.24) is 0 Å². The zero-order valence-corrected chi connectivity index (χ0v) is 16.8. The minimum Gasteiger partial charge on any atom is -0.287 e. The predicted molar refractivity (Wildman–Crippen MR) is 112 cm³/mol. The van der Waals surface area contributed by atoms with Gasteiger partial charge in [0.05, 0.1) is 8.07 Å². The Hall–Kier alpha value is -1.84. The smallest absolute Gasteiger partial charge is 0.194 e. The minimum absolute atomic E-state index is 0.110. The van der Waals surface area contributed by atoms with Gasteiger partial charge in [-0.3, -0.25) is 4.79 Å². The predicted octanol–water partition coefficient (Wildman–Crippen LogP) is 6.41. The average Bonchev–Trinajstić information content (AvgIpc) is 2.59. The molecular weight excluding hydrogens is 340 g/mol. The van der Waals surface area contributed by atoms with E-state index in [0.29, 0.717) is 5.12 Å². The van der Waals surface area contributed by atoms with Gasteiger partial charge in [-0.05, 0) is 34.9 Å². The van der Waals surface area contributed by atoms with Crippen LogP contribution in [0.2, 0.25) is 25.2 Å². The Morgan fingerprint density at radius 2 is 1.52 bits per heavy atom. The molecule has 0 heterocycles. The summed E-state index contributed by atoms with van der Waals surface area (Å²) in [5.41, 5.74) is 1.37. The normalized spacial score (nSPS) is 12.9. The van der Waals surface area contributed by atoms with Gasteiger partial charge < -0.3 is 0 Å². The Kier molecular flexibility index (Phi) is 5.45. The molecule has 0 aliphatic heterocycles. The molecule has 0 unspecified atom stereocenters. The lowest BCUT2D eigenvalue weighted by atomic mass is 10.0. The van der Waals surface area contributed by atoms with Gasteiger partial charge in [0.2, 0.25) is 0 Å². The number of thioether (sulfide) groups is 1. The van der Waals surface area contributed by atoms with Gasteiger partial charge in [-0.25, -0.2) is 0 Å². The first-order chi connectivity index (χ1) is 11.9. The standard InChI is InChI=1S/C22H24OSSi/c1-25(2,3)21(22(23)24-20-11-5-4-6-12-20)16-17-13-14-18-9-7-8-10-19(18)15-17/h4-15,21H,16H2,1-3H3/t21-/m1/s1. The van der Waals surface area contributed by atoms with Crippen LogP contribution in [0.4, 0.5) is 0 Å². The number of carbonyl (C=O) groups excluding carboxylic acids is 1. The summed E-state index contributed by atoms with van der Waals surface area (Å²) in [5, 5.41) is 2.80. The number of fused-ring (bicyclic) bond motifs is 1. The molecule has 3 aromatic rings. The summed E-state index contributed by atoms with van der Waals surface area (Å²) in [6.45, 7) is 6.88. The Labute approximate surface area is 155 Å². The van der Waals surface area contributed by atoms with E-state index in [4.69, 9.17) is 0 Å². The molecular formula is C22H24OSSi. The summed E-state index contributed by atoms with van der Waals surface area (Å²) in [7, 11) is -1.62. The molecule has 0 radical (unpaired) electrons. The molecule has 128 valence electrons. The summed E-state index contributed by atoms with van der Waals surface area (Å²) >= 11 is 1.40. The molecule has 0 aliphatic carbocycles. The summed E-state index contributed by atoms with van der Waals surface area (Å²) in [4.78, 5) is 14.1. The van der Waals surface area contributed by atoms with Crippen molar-refractivity contribution in [3.63, 3.8) is 0 Å². The molecule has 0 spiro atoms. The van der Waals surface area contributed by atoms with E-state index in [9.17, 15) is 4.79 Å². The van der Waals surface area contributed by atoms with Gasteiger partial charge in [0.1, 0.15) is 0 Å². The van der Waals surface area contributed by atoms with Crippen LogP contribution in [0.3, 0.4) is 0 Å². The largest absolute Gasteiger partial charge is 0.287 e. The van der Waals surface area contributed by atoms with Crippen molar-refractivity contribution in [1.29, 1.82) is 0 Å². The third-order valence-corrected chi connectivity index (χ3v) is 8.31. The second kappa shape index (κ2) is 7.59. The Morgan fingerprint density at radius 3 is 2.20 bits per heavy atom. The second-order valence-electron chi connectivity index (χ2n) is 7.54. The van der Waals surface area contributed by atoms with Crippen LogP contribution in [-0.2, 0) is 11.2 Å². The summed E-state index contributed by atoms with van der Waals surface area (Å²) < 4.78 is 0. The average molecular weight is 365 g/mol. The highest BCUT2D eigenvalue weighted by molar-refractivity contribution is 8.14. The molecule has 0 bridgehead atoms. The lowest BCUT2D eigenvalue weighted by Gasteiger charge is -2.27. The minimum atomic E-state index is -1.62. The van der Waals surface area contributed by atoms with Gasteiger partial charge in [-0.1, -0.05) is 92.1 Å². The molecule has 0 saturated carbocycles. The van der Waals surface area contributed by atoms with Crippen molar-refractivity contribution in [3.8, 4) is 0 Å². The molecule has 0 saturated heterocycles. The fourth-order valence-corrected chi connectivity index (χ4v) is 6.56. The van der Waals surface area contributed by atoms with Gasteiger partial charge >= 0.3 is 0 Å². The SMILES string of the molecule is C[Si](C)(C)[C@H](Cc1ccc2ccccc2c1)C(=O)Sc1ccccc1. The topological polar surface area (TPSA) is 17.1 Å². The lowest BCUT2D eigenvalue weighted by molar-refractivity contribution is -0.111. The summed E-state index contributed by atoms with van der Waals surface area (Å²) in [6.07, 6.45) is 0.833. The van der Waals surface area contributed by atoms with Crippen molar-refractivity contribution in [2.24, 2.45) is 0 Å². The maximum Gasteiger partial charge on any atom is 0.194 e. The first-order valence-corrected chi connectivity index (χ1v) is 13.1. The highest BCUT2D eigenvalue weighted by Gasteiger charge is 2.33. The molecule has 3 aromatic carbocycles. The molecule has 25 heavy (non-hydrogen) atoms. The number of hydrogen-bond acceptors (Lipinski definition) is 2. The highest BCUT2D eigenvalue weighted by atomic mass is 32.2. The Bertz CT molecular complexity index is 868. The quantitative estimate of drug-likeness (QED) is 0.384. The fourth-order valence-electron chi connectivity index (χ4n) is 3.02. The van der Waals surface area contributed by atoms with E-state index in [1.807, 2.05) is 30.3 Å². The molecule has 0 N–H and O–H groups in total. The van der Waals surface area contributed by atoms with E-state index in [2.05, 4.69) is 62.1 Å². The van der Waals surface area contributed by atoms with Gasteiger partial charge in [0, 0.05) is 10.4 Å². The molecule has 0 fully saturated rings. The third kappa shape index (κ3) is 4.62. The van der Waals surface area contributed by atoms with E-state index in [-0.39, 0.29) is 5.54 Å². The van der Waals surface area contributed by atoms with Crippen LogP contribution in [0.5, 0.6) is 0 Å². The Balaban J connectivity index is 1.84. The van der Waals surface area contributed by atoms with E-state index in [1.165, 1.54) is 28.1 Å². The van der Waals surface area contributed by atoms with Crippen LogP contribution in [0.15, 0.2) is 77.7 Å². The summed E-state index contributed by atoms with van der Waals surface area (Å²) in [5.74, 6) is 0. The number of rotatable bonds is 5. The van der Waals surface area contributed by atoms with E-state index in [1.54, 1.807) is 0 Å². The van der Waals surface area contributed by atoms with Crippen LogP contribution in [0.1, 0.15) is 5.56 Å². The molecule has 0 aliphatic rings. The zero-order valence-electron chi connectivity index (χ0n) is 15.0. The van der Waals surface area contributed by atoms with Crippen LogP contribution in [-0.4, -0.2) is 13.2 Å². The van der Waals surface area contributed by atoms with Crippen LogP contribution >= 0.6 is 11.8 Å². The fraction of sp³-hybridized carbons (Fsp3) is 0.227. The van der Waals surface area contributed by atoms with E-state index >= 15 is 0 Å². The highest BCUT2D eigenvalue weighted by Crippen LogP contribution is 2.34. The van der Waals surface area contributed by atoms with Crippen LogP contribution < -0.4 is 0 Å². The Morgan fingerprint density at radius 1 is 0.880 bits per heavy atom. The molecule has 1 nitrogen and oxygen atoms in total. The monoisotopic (exact) mass is 364 g/mol.